The molecule has 1 aromatic carbocycles. The van der Waals surface area contributed by atoms with Crippen LogP contribution in [0.2, 0.25) is 0 Å². The number of carboxylic acid groups (broad SMARTS) is 1. The van der Waals surface area contributed by atoms with Gasteiger partial charge in [0, 0.05) is 19.3 Å². The summed E-state index contributed by atoms with van der Waals surface area (Å²) in [5.41, 5.74) is 0.186. The molecule has 1 unspecified atom stereocenters. The summed E-state index contributed by atoms with van der Waals surface area (Å²) in [6, 6.07) is 4.92. The number of hydrogen-bond donors (Lipinski definition) is 1. The average Bonchev–Trinajstić information content (AvgIpc) is 2.23. The minimum absolute atomic E-state index is 0.186. The van der Waals surface area contributed by atoms with E-state index in [1.54, 1.807) is 0 Å². The molecular weight excluding hydrogens is 254 g/mol. The van der Waals surface area contributed by atoms with Gasteiger partial charge < -0.3 is 10.0 Å². The van der Waals surface area contributed by atoms with Crippen molar-refractivity contribution in [3.63, 3.8) is 0 Å². The smallest absolute Gasteiger partial charge is 0.403 e. The lowest BCUT2D eigenvalue weighted by molar-refractivity contribution is -0.191. The Hall–Kier alpha value is -1.79. The molecule has 0 radical (unpaired) electrons. The van der Waals surface area contributed by atoms with E-state index in [1.165, 1.54) is 19.2 Å². The number of hydrogen-bond acceptors (Lipinski definition) is 2. The second kappa shape index (κ2) is 5.24. The molecule has 0 aromatic heterocycles. The Labute approximate surface area is 101 Å². The predicted octanol–water partition coefficient (Wildman–Crippen LogP) is 2.53. The predicted molar refractivity (Wildman–Crippen MR) is 56.9 cm³/mol. The van der Waals surface area contributed by atoms with Crippen molar-refractivity contribution in [1.82, 2.24) is 0 Å². The molecule has 3 nitrogen and oxygen atoms in total. The molecule has 100 valence electrons. The molecule has 0 saturated heterocycles. The number of carboxylic acids is 1. The van der Waals surface area contributed by atoms with Crippen LogP contribution in [0.3, 0.4) is 0 Å². The number of aliphatic carboxylic acids is 1. The van der Waals surface area contributed by atoms with Crippen LogP contribution >= 0.6 is 0 Å². The average molecular weight is 265 g/mol. The van der Waals surface area contributed by atoms with Gasteiger partial charge in [0.25, 0.3) is 0 Å². The van der Waals surface area contributed by atoms with Crippen LogP contribution < -0.4 is 4.90 Å². The van der Waals surface area contributed by atoms with E-state index in [0.717, 1.165) is 17.0 Å². The van der Waals surface area contributed by atoms with Crippen LogP contribution in [0.15, 0.2) is 24.3 Å². The van der Waals surface area contributed by atoms with Gasteiger partial charge >= 0.3 is 12.1 Å². The van der Waals surface area contributed by atoms with Crippen molar-refractivity contribution in [3.8, 4) is 0 Å². The standard InChI is InChI=1S/C11H11F4NO2/c1-16(8-4-2-3-7(12)5-8)6-9(10(17)18)11(13,14)15/h2-5,9H,6H2,1H3,(H,17,18). The SMILES string of the molecule is CN(CC(C(=O)O)C(F)(F)F)c1cccc(F)c1. The molecule has 7 heteroatoms. The minimum atomic E-state index is -4.84. The molecule has 0 aliphatic heterocycles. The highest BCUT2D eigenvalue weighted by Crippen LogP contribution is 2.28. The highest BCUT2D eigenvalue weighted by atomic mass is 19.4. The zero-order chi connectivity index (χ0) is 13.9. The fourth-order valence-corrected chi connectivity index (χ4v) is 1.41. The summed E-state index contributed by atoms with van der Waals surface area (Å²) in [6.07, 6.45) is -4.84. The van der Waals surface area contributed by atoms with E-state index in [9.17, 15) is 22.4 Å². The van der Waals surface area contributed by atoms with Gasteiger partial charge in [-0.05, 0) is 18.2 Å². The Balaban J connectivity index is 2.85. The van der Waals surface area contributed by atoms with E-state index in [2.05, 4.69) is 0 Å². The molecule has 0 heterocycles. The summed E-state index contributed by atoms with van der Waals surface area (Å²) in [7, 11) is 1.27. The highest BCUT2D eigenvalue weighted by molar-refractivity contribution is 5.72. The van der Waals surface area contributed by atoms with Crippen molar-refractivity contribution >= 4 is 11.7 Å². The molecule has 1 aromatic rings. The normalized spacial score (nSPS) is 13.2. The minimum Gasteiger partial charge on any atom is -0.481 e. The summed E-state index contributed by atoms with van der Waals surface area (Å²) in [6.45, 7) is -0.776. The number of benzene rings is 1. The number of carbonyl (C=O) groups is 1. The Morgan fingerprint density at radius 2 is 2.06 bits per heavy atom. The van der Waals surface area contributed by atoms with Gasteiger partial charge in [0.15, 0.2) is 5.92 Å². The lowest BCUT2D eigenvalue weighted by Gasteiger charge is -2.24. The van der Waals surface area contributed by atoms with Crippen LogP contribution in [0.25, 0.3) is 0 Å². The van der Waals surface area contributed by atoms with E-state index in [1.807, 2.05) is 0 Å². The van der Waals surface area contributed by atoms with Gasteiger partial charge in [-0.3, -0.25) is 4.79 Å². The molecule has 1 rings (SSSR count). The van der Waals surface area contributed by atoms with Gasteiger partial charge in [-0.15, -0.1) is 0 Å². The summed E-state index contributed by atoms with van der Waals surface area (Å²) >= 11 is 0. The van der Waals surface area contributed by atoms with Crippen molar-refractivity contribution < 1.29 is 27.5 Å². The van der Waals surface area contributed by atoms with E-state index in [0.29, 0.717) is 0 Å². The van der Waals surface area contributed by atoms with Gasteiger partial charge in [-0.1, -0.05) is 6.07 Å². The maximum atomic E-state index is 12.9. The van der Waals surface area contributed by atoms with Crippen molar-refractivity contribution in [2.75, 3.05) is 18.5 Å². The van der Waals surface area contributed by atoms with E-state index in [4.69, 9.17) is 5.11 Å². The Morgan fingerprint density at radius 1 is 1.44 bits per heavy atom. The molecule has 1 N–H and O–H groups in total. The first kappa shape index (κ1) is 14.3. The number of alkyl halides is 3. The number of halogens is 4. The third kappa shape index (κ3) is 3.61. The molecule has 0 aliphatic carbocycles. The fraction of sp³-hybridized carbons (Fsp3) is 0.364. The van der Waals surface area contributed by atoms with E-state index >= 15 is 0 Å². The quantitative estimate of drug-likeness (QED) is 0.850. The molecule has 18 heavy (non-hydrogen) atoms. The molecule has 0 spiro atoms. The zero-order valence-corrected chi connectivity index (χ0v) is 9.41. The maximum Gasteiger partial charge on any atom is 0.403 e. The van der Waals surface area contributed by atoms with Crippen LogP contribution in [0.5, 0.6) is 0 Å². The highest BCUT2D eigenvalue weighted by Gasteiger charge is 2.45. The summed E-state index contributed by atoms with van der Waals surface area (Å²) in [5.74, 6) is -5.06. The van der Waals surface area contributed by atoms with E-state index in [-0.39, 0.29) is 5.69 Å². The van der Waals surface area contributed by atoms with Crippen LogP contribution in [0.4, 0.5) is 23.2 Å². The molecule has 0 aliphatic rings. The largest absolute Gasteiger partial charge is 0.481 e. The van der Waals surface area contributed by atoms with Crippen LogP contribution in [0.1, 0.15) is 0 Å². The number of nitrogens with zero attached hydrogens (tertiary/aromatic N) is 1. The molecule has 0 saturated carbocycles. The van der Waals surface area contributed by atoms with Gasteiger partial charge in [0.05, 0.1) is 0 Å². The van der Waals surface area contributed by atoms with Crippen molar-refractivity contribution in [1.29, 1.82) is 0 Å². The first-order valence-electron chi connectivity index (χ1n) is 4.98. The molecule has 0 fully saturated rings. The Bertz CT molecular complexity index is 433. The van der Waals surface area contributed by atoms with Gasteiger partial charge in [0.1, 0.15) is 5.82 Å². The molecule has 0 amide bonds. The molecular formula is C11H11F4NO2. The monoisotopic (exact) mass is 265 g/mol. The first-order chi connectivity index (χ1) is 8.21. The van der Waals surface area contributed by atoms with Gasteiger partial charge in [-0.2, -0.15) is 13.2 Å². The summed E-state index contributed by atoms with van der Waals surface area (Å²) < 4.78 is 50.2. The number of rotatable bonds is 4. The maximum absolute atomic E-state index is 12.9. The fourth-order valence-electron chi connectivity index (χ4n) is 1.41. The Kier molecular flexibility index (Phi) is 4.15. The van der Waals surface area contributed by atoms with Crippen molar-refractivity contribution in [2.45, 2.75) is 6.18 Å². The topological polar surface area (TPSA) is 40.5 Å². The third-order valence-electron chi connectivity index (χ3n) is 2.40. The second-order valence-electron chi connectivity index (χ2n) is 3.79. The summed E-state index contributed by atoms with van der Waals surface area (Å²) in [4.78, 5) is 11.6. The van der Waals surface area contributed by atoms with Crippen molar-refractivity contribution in [2.24, 2.45) is 5.92 Å². The van der Waals surface area contributed by atoms with Gasteiger partial charge in [0.2, 0.25) is 0 Å². The summed E-state index contributed by atoms with van der Waals surface area (Å²) in [5, 5.41) is 8.54. The van der Waals surface area contributed by atoms with E-state index < -0.39 is 30.4 Å². The molecule has 0 bridgehead atoms. The third-order valence-corrected chi connectivity index (χ3v) is 2.40. The second-order valence-corrected chi connectivity index (χ2v) is 3.79. The molecule has 1 atom stereocenters. The first-order valence-corrected chi connectivity index (χ1v) is 4.98. The number of anilines is 1. The van der Waals surface area contributed by atoms with Gasteiger partial charge in [-0.25, -0.2) is 4.39 Å². The van der Waals surface area contributed by atoms with Crippen LogP contribution in [-0.4, -0.2) is 30.8 Å². The lowest BCUT2D eigenvalue weighted by Crippen LogP contribution is -2.40. The van der Waals surface area contributed by atoms with Crippen LogP contribution in [0, 0.1) is 11.7 Å². The lowest BCUT2D eigenvalue weighted by atomic mass is 10.1. The van der Waals surface area contributed by atoms with Crippen LogP contribution in [-0.2, 0) is 4.79 Å². The zero-order valence-electron chi connectivity index (χ0n) is 9.41. The Morgan fingerprint density at radius 3 is 2.50 bits per heavy atom. The van der Waals surface area contributed by atoms with Crippen molar-refractivity contribution in [3.05, 3.63) is 30.1 Å².